The third-order valence-corrected chi connectivity index (χ3v) is 3.57. The number of nitrogens with one attached hydrogen (secondary N) is 1. The number of fused-ring (bicyclic) bond motifs is 1. The van der Waals surface area contributed by atoms with Gasteiger partial charge in [0.2, 0.25) is 0 Å². The summed E-state index contributed by atoms with van der Waals surface area (Å²) in [5.41, 5.74) is 2.56. The lowest BCUT2D eigenvalue weighted by molar-refractivity contribution is 0.0735. The van der Waals surface area contributed by atoms with Gasteiger partial charge >= 0.3 is 0 Å². The first kappa shape index (κ1) is 12.5. The molecule has 0 spiro atoms. The molecular weight excluding hydrogens is 252 g/mol. The minimum atomic E-state index is -0.188. The molecule has 0 aliphatic carbocycles. The van der Waals surface area contributed by atoms with E-state index in [1.54, 1.807) is 19.1 Å². The van der Waals surface area contributed by atoms with Gasteiger partial charge in [-0.2, -0.15) is 0 Å². The molecule has 1 aliphatic heterocycles. The minimum Gasteiger partial charge on any atom is -0.497 e. The number of rotatable bonds is 2. The van der Waals surface area contributed by atoms with Crippen LogP contribution in [0.1, 0.15) is 22.1 Å². The highest BCUT2D eigenvalue weighted by molar-refractivity contribution is 6.01. The van der Waals surface area contributed by atoms with Crippen molar-refractivity contribution in [2.45, 2.75) is 6.17 Å². The monoisotopic (exact) mass is 268 g/mol. The predicted molar refractivity (Wildman–Crippen MR) is 77.9 cm³/mol. The SMILES string of the molecule is COc1cccc(C2Nc3ccccc3C(=O)N2C)c1. The van der Waals surface area contributed by atoms with Crippen molar-refractivity contribution in [2.24, 2.45) is 0 Å². The molecule has 102 valence electrons. The largest absolute Gasteiger partial charge is 0.497 e. The van der Waals surface area contributed by atoms with E-state index in [1.807, 2.05) is 48.5 Å². The highest BCUT2D eigenvalue weighted by Crippen LogP contribution is 2.32. The number of amides is 1. The molecule has 3 rings (SSSR count). The van der Waals surface area contributed by atoms with Crippen LogP contribution in [-0.2, 0) is 0 Å². The van der Waals surface area contributed by atoms with Gasteiger partial charge in [-0.25, -0.2) is 0 Å². The van der Waals surface area contributed by atoms with E-state index in [0.29, 0.717) is 5.56 Å². The molecule has 2 aromatic carbocycles. The molecule has 0 fully saturated rings. The van der Waals surface area contributed by atoms with Crippen LogP contribution in [0.3, 0.4) is 0 Å². The second-order valence-corrected chi connectivity index (χ2v) is 4.79. The van der Waals surface area contributed by atoms with Gasteiger partial charge in [0, 0.05) is 12.7 Å². The zero-order valence-electron chi connectivity index (χ0n) is 11.5. The Hall–Kier alpha value is -2.49. The summed E-state index contributed by atoms with van der Waals surface area (Å²) in [5.74, 6) is 0.802. The summed E-state index contributed by atoms with van der Waals surface area (Å²) >= 11 is 0. The number of carbonyl (C=O) groups is 1. The molecule has 1 N–H and O–H groups in total. The zero-order chi connectivity index (χ0) is 14.1. The Labute approximate surface area is 118 Å². The van der Waals surface area contributed by atoms with E-state index in [0.717, 1.165) is 17.0 Å². The molecule has 0 saturated carbocycles. The molecule has 20 heavy (non-hydrogen) atoms. The molecule has 0 saturated heterocycles. The van der Waals surface area contributed by atoms with E-state index in [-0.39, 0.29) is 12.1 Å². The zero-order valence-corrected chi connectivity index (χ0v) is 11.5. The second-order valence-electron chi connectivity index (χ2n) is 4.79. The van der Waals surface area contributed by atoms with Crippen LogP contribution in [-0.4, -0.2) is 25.0 Å². The van der Waals surface area contributed by atoms with Gasteiger partial charge < -0.3 is 15.0 Å². The normalized spacial score (nSPS) is 17.4. The van der Waals surface area contributed by atoms with Crippen LogP contribution in [0.5, 0.6) is 5.75 Å². The van der Waals surface area contributed by atoms with Crippen LogP contribution in [0.4, 0.5) is 5.69 Å². The van der Waals surface area contributed by atoms with Gasteiger partial charge in [-0.15, -0.1) is 0 Å². The maximum atomic E-state index is 12.4. The molecule has 2 aromatic rings. The molecule has 1 aliphatic rings. The molecule has 0 bridgehead atoms. The van der Waals surface area contributed by atoms with Crippen LogP contribution in [0.2, 0.25) is 0 Å². The van der Waals surface area contributed by atoms with Crippen molar-refractivity contribution in [3.05, 3.63) is 59.7 Å². The number of ether oxygens (including phenoxy) is 1. The van der Waals surface area contributed by atoms with Crippen LogP contribution in [0.15, 0.2) is 48.5 Å². The quantitative estimate of drug-likeness (QED) is 0.910. The average Bonchev–Trinajstić information content (AvgIpc) is 2.51. The van der Waals surface area contributed by atoms with E-state index < -0.39 is 0 Å². The van der Waals surface area contributed by atoms with Gasteiger partial charge in [0.15, 0.2) is 0 Å². The molecule has 1 heterocycles. The first-order valence-corrected chi connectivity index (χ1v) is 6.47. The lowest BCUT2D eigenvalue weighted by Crippen LogP contribution is -2.40. The highest BCUT2D eigenvalue weighted by Gasteiger charge is 2.29. The summed E-state index contributed by atoms with van der Waals surface area (Å²) in [7, 11) is 3.44. The Morgan fingerprint density at radius 2 is 1.95 bits per heavy atom. The fourth-order valence-electron chi connectivity index (χ4n) is 2.47. The van der Waals surface area contributed by atoms with Crippen molar-refractivity contribution in [1.29, 1.82) is 0 Å². The third kappa shape index (κ3) is 1.99. The molecule has 1 atom stereocenters. The number of anilines is 1. The number of hydrogen-bond donors (Lipinski definition) is 1. The fraction of sp³-hybridized carbons (Fsp3) is 0.188. The van der Waals surface area contributed by atoms with E-state index in [9.17, 15) is 4.79 Å². The molecule has 1 amide bonds. The predicted octanol–water partition coefficient (Wildman–Crippen LogP) is 2.89. The summed E-state index contributed by atoms with van der Waals surface area (Å²) < 4.78 is 5.25. The first-order valence-electron chi connectivity index (χ1n) is 6.47. The first-order chi connectivity index (χ1) is 9.70. The Balaban J connectivity index is 2.01. The van der Waals surface area contributed by atoms with Crippen molar-refractivity contribution in [1.82, 2.24) is 4.90 Å². The molecule has 4 heteroatoms. The van der Waals surface area contributed by atoms with Gasteiger partial charge in [-0.05, 0) is 29.8 Å². The molecule has 0 aromatic heterocycles. The summed E-state index contributed by atoms with van der Waals surface area (Å²) in [4.78, 5) is 14.1. The van der Waals surface area contributed by atoms with E-state index >= 15 is 0 Å². The van der Waals surface area contributed by atoms with Gasteiger partial charge in [0.25, 0.3) is 5.91 Å². The van der Waals surface area contributed by atoms with E-state index in [1.165, 1.54) is 0 Å². The maximum Gasteiger partial charge on any atom is 0.257 e. The number of para-hydroxylation sites is 1. The smallest absolute Gasteiger partial charge is 0.257 e. The average molecular weight is 268 g/mol. The lowest BCUT2D eigenvalue weighted by Gasteiger charge is -2.35. The maximum absolute atomic E-state index is 12.4. The Morgan fingerprint density at radius 3 is 2.75 bits per heavy atom. The number of nitrogens with zero attached hydrogens (tertiary/aromatic N) is 1. The minimum absolute atomic E-state index is 0.0205. The number of carbonyl (C=O) groups excluding carboxylic acids is 1. The number of benzene rings is 2. The molecule has 4 nitrogen and oxygen atoms in total. The fourth-order valence-corrected chi connectivity index (χ4v) is 2.47. The van der Waals surface area contributed by atoms with E-state index in [4.69, 9.17) is 4.74 Å². The summed E-state index contributed by atoms with van der Waals surface area (Å²) in [6, 6.07) is 15.3. The second kappa shape index (κ2) is 4.89. The van der Waals surface area contributed by atoms with Crippen LogP contribution >= 0.6 is 0 Å². The Bertz CT molecular complexity index is 654. The summed E-state index contributed by atoms with van der Waals surface area (Å²) in [6.45, 7) is 0. The van der Waals surface area contributed by atoms with Crippen LogP contribution in [0, 0.1) is 0 Å². The van der Waals surface area contributed by atoms with Crippen molar-refractivity contribution >= 4 is 11.6 Å². The van der Waals surface area contributed by atoms with Crippen molar-refractivity contribution < 1.29 is 9.53 Å². The summed E-state index contributed by atoms with van der Waals surface area (Å²) in [6.07, 6.45) is -0.188. The van der Waals surface area contributed by atoms with Crippen molar-refractivity contribution in [3.63, 3.8) is 0 Å². The molecule has 0 radical (unpaired) electrons. The van der Waals surface area contributed by atoms with E-state index in [2.05, 4.69) is 5.32 Å². The molecule has 1 unspecified atom stereocenters. The van der Waals surface area contributed by atoms with Crippen molar-refractivity contribution in [3.8, 4) is 5.75 Å². The standard InChI is InChI=1S/C16H16N2O2/c1-18-15(11-6-5-7-12(10-11)20-2)17-14-9-4-3-8-13(14)16(18)19/h3-10,15,17H,1-2H3. The Kier molecular flexibility index (Phi) is 3.06. The van der Waals surface area contributed by atoms with Crippen molar-refractivity contribution in [2.75, 3.05) is 19.5 Å². The van der Waals surface area contributed by atoms with Crippen LogP contribution in [0.25, 0.3) is 0 Å². The highest BCUT2D eigenvalue weighted by atomic mass is 16.5. The van der Waals surface area contributed by atoms with Gasteiger partial charge in [0.05, 0.1) is 12.7 Å². The van der Waals surface area contributed by atoms with Gasteiger partial charge in [-0.3, -0.25) is 4.79 Å². The topological polar surface area (TPSA) is 41.6 Å². The lowest BCUT2D eigenvalue weighted by atomic mass is 10.0. The molecular formula is C16H16N2O2. The number of hydrogen-bond acceptors (Lipinski definition) is 3. The van der Waals surface area contributed by atoms with Crippen LogP contribution < -0.4 is 10.1 Å². The third-order valence-electron chi connectivity index (χ3n) is 3.57. The van der Waals surface area contributed by atoms with Gasteiger partial charge in [-0.1, -0.05) is 24.3 Å². The Morgan fingerprint density at radius 1 is 1.15 bits per heavy atom. The number of methoxy groups -OCH3 is 1. The summed E-state index contributed by atoms with van der Waals surface area (Å²) in [5, 5.41) is 3.39. The van der Waals surface area contributed by atoms with Gasteiger partial charge in [0.1, 0.15) is 11.9 Å².